The molecule has 112 valence electrons. The van der Waals surface area contributed by atoms with Gasteiger partial charge in [0.2, 0.25) is 0 Å². The van der Waals surface area contributed by atoms with Crippen molar-refractivity contribution in [3.05, 3.63) is 33.9 Å². The molecule has 0 saturated heterocycles. The van der Waals surface area contributed by atoms with Crippen molar-refractivity contribution in [1.29, 1.82) is 0 Å². The van der Waals surface area contributed by atoms with Gasteiger partial charge >= 0.3 is 5.69 Å². The highest BCUT2D eigenvalue weighted by Crippen LogP contribution is 2.28. The van der Waals surface area contributed by atoms with Crippen LogP contribution in [-0.4, -0.2) is 31.8 Å². The van der Waals surface area contributed by atoms with Crippen LogP contribution in [0.25, 0.3) is 0 Å². The van der Waals surface area contributed by atoms with Gasteiger partial charge in [-0.3, -0.25) is 10.1 Å². The van der Waals surface area contributed by atoms with Crippen LogP contribution < -0.4 is 10.1 Å². The first kappa shape index (κ1) is 16.4. The second-order valence-electron chi connectivity index (χ2n) is 4.43. The molecule has 0 bridgehead atoms. The molecule has 0 aliphatic heterocycles. The molecule has 1 aromatic rings. The number of methoxy groups -OCH3 is 1. The second kappa shape index (κ2) is 9.28. The number of hydrogen-bond donors (Lipinski definition) is 1. The van der Waals surface area contributed by atoms with E-state index < -0.39 is 4.92 Å². The molecule has 0 saturated carbocycles. The summed E-state index contributed by atoms with van der Waals surface area (Å²) >= 11 is 0. The number of nitrogens with zero attached hydrogens (tertiary/aromatic N) is 1. The quantitative estimate of drug-likeness (QED) is 0.405. The SMILES string of the molecule is CCCNCc1ccc([N+](=O)[O-])c(OCCCOC)c1. The van der Waals surface area contributed by atoms with Gasteiger partial charge in [-0.05, 0) is 24.6 Å². The Morgan fingerprint density at radius 3 is 2.80 bits per heavy atom. The molecule has 0 atom stereocenters. The van der Waals surface area contributed by atoms with Crippen molar-refractivity contribution >= 4 is 5.69 Å². The topological polar surface area (TPSA) is 73.6 Å². The zero-order valence-electron chi connectivity index (χ0n) is 12.1. The first-order valence-electron chi connectivity index (χ1n) is 6.78. The Morgan fingerprint density at radius 2 is 2.15 bits per heavy atom. The Kier molecular flexibility index (Phi) is 7.60. The van der Waals surface area contributed by atoms with Gasteiger partial charge in [0.05, 0.1) is 11.5 Å². The Labute approximate surface area is 119 Å². The predicted octanol–water partition coefficient (Wildman–Crippen LogP) is 2.51. The van der Waals surface area contributed by atoms with Gasteiger partial charge < -0.3 is 14.8 Å². The van der Waals surface area contributed by atoms with E-state index in [1.54, 1.807) is 19.2 Å². The summed E-state index contributed by atoms with van der Waals surface area (Å²) < 4.78 is 10.4. The van der Waals surface area contributed by atoms with Crippen LogP contribution in [0.5, 0.6) is 5.75 Å². The normalized spacial score (nSPS) is 10.5. The Morgan fingerprint density at radius 1 is 1.35 bits per heavy atom. The smallest absolute Gasteiger partial charge is 0.310 e. The van der Waals surface area contributed by atoms with E-state index in [0.717, 1.165) is 18.5 Å². The number of nitro groups is 1. The standard InChI is InChI=1S/C14H22N2O4/c1-3-7-15-11-12-5-6-13(16(17)18)14(10-12)20-9-4-8-19-2/h5-6,10,15H,3-4,7-9,11H2,1-2H3. The molecule has 6 heteroatoms. The van der Waals surface area contributed by atoms with Crippen LogP contribution >= 0.6 is 0 Å². The van der Waals surface area contributed by atoms with Crippen molar-refractivity contribution in [2.75, 3.05) is 26.9 Å². The second-order valence-corrected chi connectivity index (χ2v) is 4.43. The van der Waals surface area contributed by atoms with Crippen LogP contribution in [0.4, 0.5) is 5.69 Å². The van der Waals surface area contributed by atoms with Crippen molar-refractivity contribution < 1.29 is 14.4 Å². The number of nitrogens with one attached hydrogen (secondary N) is 1. The van der Waals surface area contributed by atoms with Gasteiger partial charge in [-0.2, -0.15) is 0 Å². The minimum absolute atomic E-state index is 0.00154. The summed E-state index contributed by atoms with van der Waals surface area (Å²) in [5.74, 6) is 0.321. The van der Waals surface area contributed by atoms with Gasteiger partial charge in [0, 0.05) is 32.7 Å². The van der Waals surface area contributed by atoms with Gasteiger partial charge in [0.15, 0.2) is 5.75 Å². The van der Waals surface area contributed by atoms with E-state index in [2.05, 4.69) is 12.2 Å². The van der Waals surface area contributed by atoms with Crippen LogP contribution in [0.1, 0.15) is 25.3 Å². The molecule has 1 rings (SSSR count). The maximum Gasteiger partial charge on any atom is 0.310 e. The summed E-state index contributed by atoms with van der Waals surface area (Å²) in [5.41, 5.74) is 0.979. The number of ether oxygens (including phenoxy) is 2. The fourth-order valence-corrected chi connectivity index (χ4v) is 1.73. The minimum Gasteiger partial charge on any atom is -0.487 e. The maximum atomic E-state index is 11.0. The lowest BCUT2D eigenvalue weighted by molar-refractivity contribution is -0.385. The van der Waals surface area contributed by atoms with Crippen molar-refractivity contribution in [3.8, 4) is 5.75 Å². The largest absolute Gasteiger partial charge is 0.487 e. The van der Waals surface area contributed by atoms with Gasteiger partial charge in [-0.1, -0.05) is 13.0 Å². The summed E-state index contributed by atoms with van der Waals surface area (Å²) in [6.45, 7) is 4.67. The van der Waals surface area contributed by atoms with Crippen molar-refractivity contribution in [3.63, 3.8) is 0 Å². The van der Waals surface area contributed by atoms with Crippen molar-refractivity contribution in [2.24, 2.45) is 0 Å². The van der Waals surface area contributed by atoms with Crippen molar-refractivity contribution in [2.45, 2.75) is 26.3 Å². The number of hydrogen-bond acceptors (Lipinski definition) is 5. The highest BCUT2D eigenvalue weighted by atomic mass is 16.6. The highest BCUT2D eigenvalue weighted by molar-refractivity contribution is 5.48. The molecule has 6 nitrogen and oxygen atoms in total. The van der Waals surface area contributed by atoms with E-state index >= 15 is 0 Å². The molecule has 0 heterocycles. The summed E-state index contributed by atoms with van der Waals surface area (Å²) in [7, 11) is 1.61. The third-order valence-corrected chi connectivity index (χ3v) is 2.73. The van der Waals surface area contributed by atoms with Gasteiger partial charge in [-0.15, -0.1) is 0 Å². The first-order chi connectivity index (χ1) is 9.69. The number of benzene rings is 1. The molecule has 0 spiro atoms. The number of rotatable bonds is 10. The lowest BCUT2D eigenvalue weighted by Crippen LogP contribution is -2.14. The predicted molar refractivity (Wildman–Crippen MR) is 77.1 cm³/mol. The minimum atomic E-state index is -0.422. The van der Waals surface area contributed by atoms with Crippen LogP contribution in [0, 0.1) is 10.1 Å². The fraction of sp³-hybridized carbons (Fsp3) is 0.571. The van der Waals surface area contributed by atoms with E-state index in [1.807, 2.05) is 0 Å². The Hall–Kier alpha value is -1.66. The van der Waals surface area contributed by atoms with Crippen LogP contribution in [0.3, 0.4) is 0 Å². The molecule has 1 aromatic carbocycles. The van der Waals surface area contributed by atoms with Gasteiger partial charge in [-0.25, -0.2) is 0 Å². The molecule has 1 N–H and O–H groups in total. The summed E-state index contributed by atoms with van der Waals surface area (Å²) in [5, 5.41) is 14.2. The third-order valence-electron chi connectivity index (χ3n) is 2.73. The van der Waals surface area contributed by atoms with Gasteiger partial charge in [0.1, 0.15) is 0 Å². The van der Waals surface area contributed by atoms with E-state index in [4.69, 9.17) is 9.47 Å². The van der Waals surface area contributed by atoms with E-state index in [-0.39, 0.29) is 5.69 Å². The average molecular weight is 282 g/mol. The van der Waals surface area contributed by atoms with E-state index in [9.17, 15) is 10.1 Å². The summed E-state index contributed by atoms with van der Waals surface area (Å²) in [6.07, 6.45) is 1.75. The molecular formula is C14H22N2O4. The molecule has 0 radical (unpaired) electrons. The Balaban J connectivity index is 2.69. The average Bonchev–Trinajstić information content (AvgIpc) is 2.44. The van der Waals surface area contributed by atoms with E-state index in [0.29, 0.717) is 31.9 Å². The fourth-order valence-electron chi connectivity index (χ4n) is 1.73. The summed E-state index contributed by atoms with van der Waals surface area (Å²) in [4.78, 5) is 10.5. The monoisotopic (exact) mass is 282 g/mol. The lowest BCUT2D eigenvalue weighted by atomic mass is 10.2. The molecule has 0 unspecified atom stereocenters. The highest BCUT2D eigenvalue weighted by Gasteiger charge is 2.15. The van der Waals surface area contributed by atoms with Crippen LogP contribution in [-0.2, 0) is 11.3 Å². The van der Waals surface area contributed by atoms with E-state index in [1.165, 1.54) is 6.07 Å². The molecule has 0 aromatic heterocycles. The molecule has 0 aliphatic rings. The maximum absolute atomic E-state index is 11.0. The molecule has 0 amide bonds. The summed E-state index contributed by atoms with van der Waals surface area (Å²) in [6, 6.07) is 4.98. The van der Waals surface area contributed by atoms with Crippen LogP contribution in [0.2, 0.25) is 0 Å². The zero-order valence-corrected chi connectivity index (χ0v) is 12.1. The van der Waals surface area contributed by atoms with Crippen LogP contribution in [0.15, 0.2) is 18.2 Å². The van der Waals surface area contributed by atoms with Gasteiger partial charge in [0.25, 0.3) is 0 Å². The van der Waals surface area contributed by atoms with Crippen molar-refractivity contribution in [1.82, 2.24) is 5.32 Å². The molecule has 20 heavy (non-hydrogen) atoms. The number of nitro benzene ring substituents is 1. The first-order valence-corrected chi connectivity index (χ1v) is 6.78. The Bertz CT molecular complexity index is 424. The lowest BCUT2D eigenvalue weighted by Gasteiger charge is -2.09. The zero-order chi connectivity index (χ0) is 14.8. The molecule has 0 fully saturated rings. The molecule has 0 aliphatic carbocycles. The third kappa shape index (κ3) is 5.54. The molecular weight excluding hydrogens is 260 g/mol.